The van der Waals surface area contributed by atoms with Gasteiger partial charge in [-0.1, -0.05) is 18.2 Å². The average molecular weight is 496 g/mol. The molecule has 35 heavy (non-hydrogen) atoms. The number of hydrogen-bond acceptors (Lipinski definition) is 7. The summed E-state index contributed by atoms with van der Waals surface area (Å²) in [4.78, 5) is 25.8. The number of benzene rings is 2. The van der Waals surface area contributed by atoms with Crippen molar-refractivity contribution in [1.82, 2.24) is 5.43 Å². The third kappa shape index (κ3) is 6.83. The number of amides is 2. The third-order valence-electron chi connectivity index (χ3n) is 4.78. The Morgan fingerprint density at radius 3 is 2.14 bits per heavy atom. The van der Waals surface area contributed by atoms with Gasteiger partial charge in [-0.15, -0.1) is 11.3 Å². The fourth-order valence-corrected chi connectivity index (χ4v) is 3.82. The molecule has 0 aliphatic heterocycles. The number of nitrogens with zero attached hydrogens (tertiary/aromatic N) is 1. The lowest BCUT2D eigenvalue weighted by molar-refractivity contribution is 0.0953. The number of ether oxygens (including phenoxy) is 3. The standard InChI is InChI=1S/C26H29N3O5S/c1-5-32-21-15-19(16-22(33-6-2)24(21)34-7-3)25(30)29-28-17(4)18-10-8-11-20(14-18)27-26(31)23-12-9-13-35-23/h8-16H,5-7H2,1-4H3,(H,27,31)(H,29,30). The van der Waals surface area contributed by atoms with E-state index in [0.717, 1.165) is 5.56 Å². The van der Waals surface area contributed by atoms with Crippen LogP contribution in [0.4, 0.5) is 5.69 Å². The Kier molecular flexibility index (Phi) is 9.25. The van der Waals surface area contributed by atoms with Crippen molar-refractivity contribution in [2.24, 2.45) is 5.10 Å². The van der Waals surface area contributed by atoms with Crippen LogP contribution in [-0.2, 0) is 0 Å². The number of carbonyl (C=O) groups is 2. The van der Waals surface area contributed by atoms with Gasteiger partial charge in [-0.05, 0) is 69.0 Å². The van der Waals surface area contributed by atoms with Crippen LogP contribution in [0.3, 0.4) is 0 Å². The highest BCUT2D eigenvalue weighted by Crippen LogP contribution is 2.39. The van der Waals surface area contributed by atoms with Crippen LogP contribution in [0.25, 0.3) is 0 Å². The molecule has 0 fully saturated rings. The molecule has 0 saturated carbocycles. The van der Waals surface area contributed by atoms with Crippen LogP contribution in [0, 0.1) is 0 Å². The Bertz CT molecular complexity index is 1160. The molecular weight excluding hydrogens is 466 g/mol. The van der Waals surface area contributed by atoms with Crippen molar-refractivity contribution >= 4 is 34.6 Å². The maximum atomic E-state index is 12.9. The van der Waals surface area contributed by atoms with E-state index in [2.05, 4.69) is 15.8 Å². The lowest BCUT2D eigenvalue weighted by Crippen LogP contribution is -2.20. The molecule has 0 radical (unpaired) electrons. The summed E-state index contributed by atoms with van der Waals surface area (Å²) in [5.41, 5.74) is 4.88. The van der Waals surface area contributed by atoms with Crippen LogP contribution in [0.1, 0.15) is 53.3 Å². The maximum absolute atomic E-state index is 12.9. The molecule has 1 aromatic heterocycles. The molecule has 0 saturated heterocycles. The number of thiophene rings is 1. The minimum atomic E-state index is -0.420. The molecule has 3 aromatic rings. The highest BCUT2D eigenvalue weighted by atomic mass is 32.1. The van der Waals surface area contributed by atoms with Gasteiger partial charge in [0.15, 0.2) is 11.5 Å². The van der Waals surface area contributed by atoms with Crippen molar-refractivity contribution < 1.29 is 23.8 Å². The molecule has 2 N–H and O–H groups in total. The number of carbonyl (C=O) groups excluding carboxylic acids is 2. The van der Waals surface area contributed by atoms with Gasteiger partial charge in [-0.25, -0.2) is 5.43 Å². The fourth-order valence-electron chi connectivity index (χ4n) is 3.21. The van der Waals surface area contributed by atoms with Gasteiger partial charge in [-0.3, -0.25) is 9.59 Å². The molecule has 0 aliphatic rings. The van der Waals surface area contributed by atoms with Gasteiger partial charge in [0.2, 0.25) is 5.75 Å². The van der Waals surface area contributed by atoms with Crippen LogP contribution in [0.2, 0.25) is 0 Å². The number of rotatable bonds is 11. The Morgan fingerprint density at radius 1 is 0.857 bits per heavy atom. The van der Waals surface area contributed by atoms with Gasteiger partial charge < -0.3 is 19.5 Å². The van der Waals surface area contributed by atoms with Crippen molar-refractivity contribution in [2.45, 2.75) is 27.7 Å². The van der Waals surface area contributed by atoms with E-state index in [9.17, 15) is 9.59 Å². The van der Waals surface area contributed by atoms with Gasteiger partial charge in [-0.2, -0.15) is 5.10 Å². The van der Waals surface area contributed by atoms with Crippen molar-refractivity contribution in [2.75, 3.05) is 25.1 Å². The second-order valence-corrected chi connectivity index (χ2v) is 8.20. The van der Waals surface area contributed by atoms with Crippen molar-refractivity contribution in [3.8, 4) is 17.2 Å². The zero-order valence-corrected chi connectivity index (χ0v) is 21.0. The summed E-state index contributed by atoms with van der Waals surface area (Å²) < 4.78 is 17.0. The van der Waals surface area contributed by atoms with Gasteiger partial charge in [0.25, 0.3) is 11.8 Å². The Hall–Kier alpha value is -3.85. The molecule has 0 unspecified atom stereocenters. The maximum Gasteiger partial charge on any atom is 0.271 e. The summed E-state index contributed by atoms with van der Waals surface area (Å²) in [7, 11) is 0. The molecule has 0 aliphatic carbocycles. The number of hydrogen-bond donors (Lipinski definition) is 2. The fraction of sp³-hybridized carbons (Fsp3) is 0.269. The smallest absolute Gasteiger partial charge is 0.271 e. The van der Waals surface area contributed by atoms with Crippen LogP contribution in [0.15, 0.2) is 59.0 Å². The van der Waals surface area contributed by atoms with E-state index in [-0.39, 0.29) is 5.91 Å². The second-order valence-electron chi connectivity index (χ2n) is 7.25. The molecule has 0 spiro atoms. The molecule has 2 aromatic carbocycles. The summed E-state index contributed by atoms with van der Waals surface area (Å²) in [6, 6.07) is 14.1. The largest absolute Gasteiger partial charge is 0.490 e. The number of anilines is 1. The van der Waals surface area contributed by atoms with Crippen molar-refractivity contribution in [1.29, 1.82) is 0 Å². The molecule has 3 rings (SSSR count). The number of hydrazone groups is 1. The summed E-state index contributed by atoms with van der Waals surface area (Å²) in [6.45, 7) is 8.60. The molecule has 8 nitrogen and oxygen atoms in total. The Morgan fingerprint density at radius 2 is 1.54 bits per heavy atom. The predicted molar refractivity (Wildman–Crippen MR) is 138 cm³/mol. The first-order valence-corrected chi connectivity index (χ1v) is 12.2. The molecule has 0 bridgehead atoms. The lowest BCUT2D eigenvalue weighted by Gasteiger charge is -2.16. The minimum Gasteiger partial charge on any atom is -0.490 e. The van der Waals surface area contributed by atoms with E-state index in [1.807, 2.05) is 44.4 Å². The van der Waals surface area contributed by atoms with Gasteiger partial charge >= 0.3 is 0 Å². The van der Waals surface area contributed by atoms with Gasteiger partial charge in [0, 0.05) is 11.3 Å². The molecular formula is C26H29N3O5S. The van der Waals surface area contributed by atoms with Crippen molar-refractivity contribution in [3.05, 3.63) is 69.9 Å². The van der Waals surface area contributed by atoms with E-state index in [1.165, 1.54) is 11.3 Å². The van der Waals surface area contributed by atoms with Gasteiger partial charge in [0.05, 0.1) is 30.4 Å². The van der Waals surface area contributed by atoms with Crippen LogP contribution in [-0.4, -0.2) is 37.3 Å². The lowest BCUT2D eigenvalue weighted by atomic mass is 10.1. The van der Waals surface area contributed by atoms with Gasteiger partial charge in [0.1, 0.15) is 0 Å². The first kappa shape index (κ1) is 25.8. The highest BCUT2D eigenvalue weighted by Gasteiger charge is 2.18. The summed E-state index contributed by atoms with van der Waals surface area (Å²) in [5, 5.41) is 8.97. The van der Waals surface area contributed by atoms with Crippen LogP contribution < -0.4 is 25.0 Å². The monoisotopic (exact) mass is 495 g/mol. The van der Waals surface area contributed by atoms with E-state index in [4.69, 9.17) is 14.2 Å². The minimum absolute atomic E-state index is 0.175. The van der Waals surface area contributed by atoms with Crippen LogP contribution in [0.5, 0.6) is 17.2 Å². The summed E-state index contributed by atoms with van der Waals surface area (Å²) >= 11 is 1.37. The SMILES string of the molecule is CCOc1cc(C(=O)NN=C(C)c2cccc(NC(=O)c3cccs3)c2)cc(OCC)c1OCC. The predicted octanol–water partition coefficient (Wildman–Crippen LogP) is 5.35. The molecule has 184 valence electrons. The average Bonchev–Trinajstić information content (AvgIpc) is 3.40. The normalized spacial score (nSPS) is 11.0. The van der Waals surface area contributed by atoms with E-state index in [0.29, 0.717) is 58.9 Å². The Labute approximate surface area is 208 Å². The summed E-state index contributed by atoms with van der Waals surface area (Å²) in [5.74, 6) is 0.733. The topological polar surface area (TPSA) is 98.2 Å². The molecule has 1 heterocycles. The zero-order valence-electron chi connectivity index (χ0n) is 20.2. The van der Waals surface area contributed by atoms with Crippen LogP contribution >= 0.6 is 11.3 Å². The zero-order chi connectivity index (χ0) is 25.2. The number of nitrogens with one attached hydrogen (secondary N) is 2. The highest BCUT2D eigenvalue weighted by molar-refractivity contribution is 7.12. The quantitative estimate of drug-likeness (QED) is 0.276. The van der Waals surface area contributed by atoms with E-state index >= 15 is 0 Å². The van der Waals surface area contributed by atoms with E-state index in [1.54, 1.807) is 37.3 Å². The van der Waals surface area contributed by atoms with Crippen molar-refractivity contribution in [3.63, 3.8) is 0 Å². The van der Waals surface area contributed by atoms with E-state index < -0.39 is 5.91 Å². The molecule has 2 amide bonds. The first-order valence-electron chi connectivity index (χ1n) is 11.3. The summed E-state index contributed by atoms with van der Waals surface area (Å²) in [6.07, 6.45) is 0. The third-order valence-corrected chi connectivity index (χ3v) is 5.65. The molecule has 0 atom stereocenters. The first-order chi connectivity index (χ1) is 17.0. The molecule has 9 heteroatoms. The second kappa shape index (κ2) is 12.6. The Balaban J connectivity index is 1.77.